The molecule has 1 aliphatic rings. The maximum absolute atomic E-state index is 12.8. The minimum Gasteiger partial charge on any atom is -0.454 e. The van der Waals surface area contributed by atoms with E-state index in [9.17, 15) is 4.79 Å². The van der Waals surface area contributed by atoms with Crippen LogP contribution in [-0.2, 0) is 11.3 Å². The number of thioether (sulfide) groups is 1. The van der Waals surface area contributed by atoms with Crippen molar-refractivity contribution in [3.8, 4) is 11.5 Å². The molecule has 1 amide bonds. The average molecular weight is 417 g/mol. The number of aromatic nitrogens is 1. The van der Waals surface area contributed by atoms with Crippen molar-refractivity contribution in [3.05, 3.63) is 46.8 Å². The number of hydrogen-bond donors (Lipinski definition) is 0. The minimum absolute atomic E-state index is 0.176. The Morgan fingerprint density at radius 2 is 2.11 bits per heavy atom. The summed E-state index contributed by atoms with van der Waals surface area (Å²) < 4.78 is 19.3. The van der Waals surface area contributed by atoms with Gasteiger partial charge >= 0.3 is 0 Å². The van der Waals surface area contributed by atoms with Gasteiger partial charge < -0.3 is 18.8 Å². The number of hydrogen-bond acceptors (Lipinski definition) is 6. The molecule has 8 heteroatoms. The molecule has 0 saturated heterocycles. The number of rotatable bonds is 6. The molecular formula is C20H20N2O4S2. The van der Waals surface area contributed by atoms with E-state index in [-0.39, 0.29) is 12.7 Å². The van der Waals surface area contributed by atoms with Crippen LogP contribution >= 0.6 is 23.1 Å². The normalized spacial score (nSPS) is 13.4. The van der Waals surface area contributed by atoms with Crippen LogP contribution in [0.4, 0.5) is 0 Å². The monoisotopic (exact) mass is 416 g/mol. The Morgan fingerprint density at radius 1 is 1.25 bits per heavy atom. The van der Waals surface area contributed by atoms with Gasteiger partial charge in [-0.15, -0.1) is 11.8 Å². The molecule has 1 aromatic heterocycles. The summed E-state index contributed by atoms with van der Waals surface area (Å²) >= 11 is 3.20. The van der Waals surface area contributed by atoms with Crippen molar-refractivity contribution < 1.29 is 19.0 Å². The van der Waals surface area contributed by atoms with E-state index in [1.54, 1.807) is 30.0 Å². The summed E-state index contributed by atoms with van der Waals surface area (Å²) in [6.07, 6.45) is 2.05. The molecule has 0 atom stereocenters. The van der Waals surface area contributed by atoms with Crippen molar-refractivity contribution in [2.45, 2.75) is 18.4 Å². The lowest BCUT2D eigenvalue weighted by Gasteiger charge is -2.06. The van der Waals surface area contributed by atoms with E-state index in [1.807, 2.05) is 17.7 Å². The number of ether oxygens (including phenoxy) is 3. The van der Waals surface area contributed by atoms with E-state index in [1.165, 1.54) is 16.2 Å². The lowest BCUT2D eigenvalue weighted by Crippen LogP contribution is -2.19. The molecule has 146 valence electrons. The van der Waals surface area contributed by atoms with E-state index in [2.05, 4.69) is 23.2 Å². The SMILES string of the molecule is CCOCCn1c(=NC(=O)c2ccc3c(c2)OCO3)sc2cc(SC)ccc21. The standard InChI is InChI=1S/C20H20N2O4S2/c1-3-24-9-8-22-15-6-5-14(27-2)11-18(15)28-20(22)21-19(23)13-4-7-16-17(10-13)26-12-25-16/h4-7,10-11H,3,8-9,12H2,1-2H3. The van der Waals surface area contributed by atoms with Gasteiger partial charge in [0.2, 0.25) is 6.79 Å². The second-order valence-electron chi connectivity index (χ2n) is 6.05. The lowest BCUT2D eigenvalue weighted by atomic mass is 10.2. The van der Waals surface area contributed by atoms with Crippen molar-refractivity contribution in [3.63, 3.8) is 0 Å². The van der Waals surface area contributed by atoms with Crippen molar-refractivity contribution >= 4 is 39.2 Å². The number of thiazole rings is 1. The van der Waals surface area contributed by atoms with Crippen molar-refractivity contribution in [1.82, 2.24) is 4.57 Å². The van der Waals surface area contributed by atoms with Gasteiger partial charge in [-0.3, -0.25) is 4.79 Å². The van der Waals surface area contributed by atoms with Crippen LogP contribution in [-0.4, -0.2) is 36.7 Å². The molecule has 0 radical (unpaired) electrons. The highest BCUT2D eigenvalue weighted by Crippen LogP contribution is 2.32. The molecule has 3 aromatic rings. The highest BCUT2D eigenvalue weighted by atomic mass is 32.2. The number of nitrogens with zero attached hydrogens (tertiary/aromatic N) is 2. The molecule has 28 heavy (non-hydrogen) atoms. The first-order chi connectivity index (χ1) is 13.7. The molecule has 2 heterocycles. The first-order valence-corrected chi connectivity index (χ1v) is 11.0. The molecule has 0 saturated carbocycles. The summed E-state index contributed by atoms with van der Waals surface area (Å²) in [7, 11) is 0. The highest BCUT2D eigenvalue weighted by Gasteiger charge is 2.16. The maximum atomic E-state index is 12.8. The Labute approximate surface area is 170 Å². The third-order valence-electron chi connectivity index (χ3n) is 4.37. The van der Waals surface area contributed by atoms with E-state index in [0.29, 0.717) is 41.6 Å². The fraction of sp³-hybridized carbons (Fsp3) is 0.300. The zero-order chi connectivity index (χ0) is 19.5. The van der Waals surface area contributed by atoms with E-state index < -0.39 is 0 Å². The van der Waals surface area contributed by atoms with Gasteiger partial charge in [-0.2, -0.15) is 4.99 Å². The van der Waals surface area contributed by atoms with Crippen LogP contribution < -0.4 is 14.3 Å². The molecule has 0 aliphatic carbocycles. The van der Waals surface area contributed by atoms with Crippen LogP contribution in [0.1, 0.15) is 17.3 Å². The molecule has 4 rings (SSSR count). The summed E-state index contributed by atoms with van der Waals surface area (Å²) in [4.78, 5) is 19.0. The van der Waals surface area contributed by atoms with E-state index in [4.69, 9.17) is 14.2 Å². The van der Waals surface area contributed by atoms with Gasteiger partial charge in [-0.05, 0) is 49.6 Å². The van der Waals surface area contributed by atoms with Crippen LogP contribution in [0.3, 0.4) is 0 Å². The zero-order valence-electron chi connectivity index (χ0n) is 15.6. The summed E-state index contributed by atoms with van der Waals surface area (Å²) in [5.74, 6) is 0.918. The predicted octanol–water partition coefficient (Wildman–Crippen LogP) is 3.93. The number of carbonyl (C=O) groups excluding carboxylic acids is 1. The fourth-order valence-corrected chi connectivity index (χ4v) is 4.57. The summed E-state index contributed by atoms with van der Waals surface area (Å²) in [6.45, 7) is 4.00. The number of fused-ring (bicyclic) bond motifs is 2. The molecule has 1 aliphatic heterocycles. The minimum atomic E-state index is -0.305. The van der Waals surface area contributed by atoms with Gasteiger partial charge in [0.15, 0.2) is 16.3 Å². The Morgan fingerprint density at radius 3 is 2.93 bits per heavy atom. The molecule has 6 nitrogen and oxygen atoms in total. The number of benzene rings is 2. The molecular weight excluding hydrogens is 396 g/mol. The van der Waals surface area contributed by atoms with Gasteiger partial charge in [0, 0.05) is 23.6 Å². The van der Waals surface area contributed by atoms with Crippen molar-refractivity contribution in [2.75, 3.05) is 26.3 Å². The predicted molar refractivity (Wildman–Crippen MR) is 111 cm³/mol. The van der Waals surface area contributed by atoms with Crippen LogP contribution in [0, 0.1) is 0 Å². The second kappa shape index (κ2) is 8.38. The topological polar surface area (TPSA) is 62.1 Å². The quantitative estimate of drug-likeness (QED) is 0.450. The van der Waals surface area contributed by atoms with Gasteiger partial charge in [0.05, 0.1) is 16.8 Å². The van der Waals surface area contributed by atoms with E-state index >= 15 is 0 Å². The number of amides is 1. The first kappa shape index (κ1) is 19.0. The third-order valence-corrected chi connectivity index (χ3v) is 6.14. The second-order valence-corrected chi connectivity index (χ2v) is 7.94. The van der Waals surface area contributed by atoms with Crippen LogP contribution in [0.2, 0.25) is 0 Å². The Bertz CT molecular complexity index is 1090. The zero-order valence-corrected chi connectivity index (χ0v) is 17.3. The van der Waals surface area contributed by atoms with Crippen LogP contribution in [0.15, 0.2) is 46.3 Å². The maximum Gasteiger partial charge on any atom is 0.279 e. The molecule has 2 aromatic carbocycles. The van der Waals surface area contributed by atoms with Crippen LogP contribution in [0.25, 0.3) is 10.2 Å². The van der Waals surface area contributed by atoms with Crippen molar-refractivity contribution in [2.24, 2.45) is 4.99 Å². The molecule has 0 bridgehead atoms. The fourth-order valence-electron chi connectivity index (χ4n) is 2.96. The summed E-state index contributed by atoms with van der Waals surface area (Å²) in [5, 5.41) is 0. The molecule has 0 spiro atoms. The lowest BCUT2D eigenvalue weighted by molar-refractivity contribution is 0.0996. The molecule has 0 fully saturated rings. The van der Waals surface area contributed by atoms with Crippen LogP contribution in [0.5, 0.6) is 11.5 Å². The summed E-state index contributed by atoms with van der Waals surface area (Å²) in [5.41, 5.74) is 1.53. The first-order valence-electron chi connectivity index (χ1n) is 8.93. The Balaban J connectivity index is 1.74. The third kappa shape index (κ3) is 3.80. The van der Waals surface area contributed by atoms with Gasteiger partial charge in [0.25, 0.3) is 5.91 Å². The van der Waals surface area contributed by atoms with Crippen molar-refractivity contribution in [1.29, 1.82) is 0 Å². The highest BCUT2D eigenvalue weighted by molar-refractivity contribution is 7.98. The van der Waals surface area contributed by atoms with Gasteiger partial charge in [-0.25, -0.2) is 0 Å². The smallest absolute Gasteiger partial charge is 0.279 e. The van der Waals surface area contributed by atoms with Gasteiger partial charge in [0.1, 0.15) is 0 Å². The Hall–Kier alpha value is -2.29. The Kier molecular flexibility index (Phi) is 5.70. The molecule has 0 unspecified atom stereocenters. The van der Waals surface area contributed by atoms with E-state index in [0.717, 1.165) is 10.2 Å². The summed E-state index contributed by atoms with van der Waals surface area (Å²) in [6, 6.07) is 11.4. The number of carbonyl (C=O) groups is 1. The average Bonchev–Trinajstić information content (AvgIpc) is 3.31. The van der Waals surface area contributed by atoms with Gasteiger partial charge in [-0.1, -0.05) is 11.3 Å². The largest absolute Gasteiger partial charge is 0.454 e. The molecule has 0 N–H and O–H groups in total.